The van der Waals surface area contributed by atoms with E-state index >= 15 is 0 Å². The molecule has 0 amide bonds. The third kappa shape index (κ3) is 2.88. The predicted octanol–water partition coefficient (Wildman–Crippen LogP) is 2.87. The van der Waals surface area contributed by atoms with E-state index in [9.17, 15) is 0 Å². The van der Waals surface area contributed by atoms with E-state index in [1.807, 2.05) is 11.8 Å². The first-order chi connectivity index (χ1) is 8.66. The highest BCUT2D eigenvalue weighted by molar-refractivity contribution is 7.98. The Morgan fingerprint density at radius 3 is 3.06 bits per heavy atom. The molecule has 1 aromatic rings. The molecule has 1 aliphatic rings. The van der Waals surface area contributed by atoms with Gasteiger partial charge in [-0.15, -0.1) is 0 Å². The monoisotopic (exact) mass is 269 g/mol. The van der Waals surface area contributed by atoms with Crippen LogP contribution in [0.2, 0.25) is 0 Å². The average Bonchev–Trinajstić information content (AvgIpc) is 2.83. The first-order valence-corrected chi connectivity index (χ1v) is 7.98. The Morgan fingerprint density at radius 2 is 2.33 bits per heavy atom. The zero-order valence-corrected chi connectivity index (χ0v) is 12.1. The smallest absolute Gasteiger partial charge is 0.234 e. The highest BCUT2D eigenvalue weighted by Gasteiger charge is 2.40. The van der Waals surface area contributed by atoms with E-state index in [0.29, 0.717) is 0 Å². The first kappa shape index (κ1) is 13.9. The highest BCUT2D eigenvalue weighted by Crippen LogP contribution is 2.37. The molecule has 1 heterocycles. The summed E-state index contributed by atoms with van der Waals surface area (Å²) in [4.78, 5) is 4.55. The second-order valence-corrected chi connectivity index (χ2v) is 6.44. The summed E-state index contributed by atoms with van der Waals surface area (Å²) in [5.41, 5.74) is 6.12. The molecular formula is C13H23N3OS. The number of rotatable bonds is 5. The minimum Gasteiger partial charge on any atom is -0.339 e. The molecule has 0 aliphatic heterocycles. The quantitative estimate of drug-likeness (QED) is 0.833. The van der Waals surface area contributed by atoms with Gasteiger partial charge in [-0.3, -0.25) is 0 Å². The third-order valence-corrected chi connectivity index (χ3v) is 4.98. The maximum absolute atomic E-state index is 6.24. The van der Waals surface area contributed by atoms with Crippen molar-refractivity contribution < 1.29 is 4.52 Å². The van der Waals surface area contributed by atoms with Crippen molar-refractivity contribution in [3.63, 3.8) is 0 Å². The number of hydrogen-bond donors (Lipinski definition) is 1. The minimum absolute atomic E-state index is 0.126. The molecule has 2 unspecified atom stereocenters. The molecule has 18 heavy (non-hydrogen) atoms. The zero-order valence-electron chi connectivity index (χ0n) is 11.3. The summed E-state index contributed by atoms with van der Waals surface area (Å²) in [6.07, 6.45) is 5.70. The van der Waals surface area contributed by atoms with Crippen LogP contribution in [0.1, 0.15) is 57.7 Å². The van der Waals surface area contributed by atoms with Crippen LogP contribution in [0, 0.1) is 0 Å². The molecule has 102 valence electrons. The lowest BCUT2D eigenvalue weighted by Crippen LogP contribution is -2.45. The fourth-order valence-electron chi connectivity index (χ4n) is 2.48. The SMILES string of the molecule is CCCSCc1noc(C2(C)CCCCC2N)n1. The van der Waals surface area contributed by atoms with Crippen molar-refractivity contribution in [2.75, 3.05) is 5.75 Å². The molecule has 1 aromatic heterocycles. The molecule has 2 N–H and O–H groups in total. The van der Waals surface area contributed by atoms with E-state index in [4.69, 9.17) is 10.3 Å². The molecule has 0 spiro atoms. The number of nitrogens with zero attached hydrogens (tertiary/aromatic N) is 2. The third-order valence-electron chi connectivity index (χ3n) is 3.82. The number of aromatic nitrogens is 2. The summed E-state index contributed by atoms with van der Waals surface area (Å²) in [6.45, 7) is 4.34. The molecule has 0 aromatic carbocycles. The second-order valence-electron chi connectivity index (χ2n) is 5.34. The Hall–Kier alpha value is -0.550. The fraction of sp³-hybridized carbons (Fsp3) is 0.846. The van der Waals surface area contributed by atoms with Gasteiger partial charge in [0.25, 0.3) is 0 Å². The molecule has 0 radical (unpaired) electrons. The number of nitrogens with two attached hydrogens (primary N) is 1. The Bertz CT molecular complexity index is 382. The van der Waals surface area contributed by atoms with Crippen LogP contribution in [0.5, 0.6) is 0 Å². The van der Waals surface area contributed by atoms with Crippen LogP contribution in [0.25, 0.3) is 0 Å². The lowest BCUT2D eigenvalue weighted by Gasteiger charge is -2.35. The van der Waals surface area contributed by atoms with Crippen molar-refractivity contribution in [3.05, 3.63) is 11.7 Å². The number of hydrogen-bond acceptors (Lipinski definition) is 5. The van der Waals surface area contributed by atoms with Gasteiger partial charge in [-0.25, -0.2) is 0 Å². The topological polar surface area (TPSA) is 64.9 Å². The van der Waals surface area contributed by atoms with Crippen LogP contribution in [-0.4, -0.2) is 21.9 Å². The van der Waals surface area contributed by atoms with Crippen LogP contribution in [0.15, 0.2) is 4.52 Å². The predicted molar refractivity (Wildman–Crippen MR) is 74.5 cm³/mol. The van der Waals surface area contributed by atoms with Crippen LogP contribution in [0.3, 0.4) is 0 Å². The van der Waals surface area contributed by atoms with Crippen LogP contribution in [0.4, 0.5) is 0 Å². The Balaban J connectivity index is 2.04. The van der Waals surface area contributed by atoms with Gasteiger partial charge in [0.1, 0.15) is 0 Å². The van der Waals surface area contributed by atoms with Gasteiger partial charge in [0, 0.05) is 6.04 Å². The summed E-state index contributed by atoms with van der Waals surface area (Å²) < 4.78 is 5.45. The molecule has 4 nitrogen and oxygen atoms in total. The van der Waals surface area contributed by atoms with Crippen molar-refractivity contribution in [3.8, 4) is 0 Å². The molecule has 2 atom stereocenters. The van der Waals surface area contributed by atoms with Gasteiger partial charge < -0.3 is 10.3 Å². The lowest BCUT2D eigenvalue weighted by atomic mass is 9.72. The van der Waals surface area contributed by atoms with E-state index in [-0.39, 0.29) is 11.5 Å². The zero-order chi connectivity index (χ0) is 13.0. The van der Waals surface area contributed by atoms with Gasteiger partial charge in [0.15, 0.2) is 5.82 Å². The van der Waals surface area contributed by atoms with Gasteiger partial charge in [-0.1, -0.05) is 24.9 Å². The molecule has 1 saturated carbocycles. The minimum atomic E-state index is -0.126. The largest absolute Gasteiger partial charge is 0.339 e. The van der Waals surface area contributed by atoms with Crippen LogP contribution >= 0.6 is 11.8 Å². The Kier molecular flexibility index (Phi) is 4.67. The maximum atomic E-state index is 6.24. The molecule has 1 aliphatic carbocycles. The van der Waals surface area contributed by atoms with Gasteiger partial charge >= 0.3 is 0 Å². The Labute approximate surface area is 113 Å². The van der Waals surface area contributed by atoms with Crippen molar-refractivity contribution in [2.45, 2.75) is 63.2 Å². The normalized spacial score (nSPS) is 28.5. The first-order valence-electron chi connectivity index (χ1n) is 6.83. The summed E-state index contributed by atoms with van der Waals surface area (Å²) in [5.74, 6) is 3.52. The molecule has 5 heteroatoms. The van der Waals surface area contributed by atoms with E-state index in [2.05, 4.69) is 24.0 Å². The van der Waals surface area contributed by atoms with E-state index in [0.717, 1.165) is 36.1 Å². The average molecular weight is 269 g/mol. The molecule has 1 fully saturated rings. The van der Waals surface area contributed by atoms with Gasteiger partial charge in [0.05, 0.1) is 11.2 Å². The van der Waals surface area contributed by atoms with Crippen molar-refractivity contribution in [1.82, 2.24) is 10.1 Å². The standard InChI is InChI=1S/C13H23N3OS/c1-3-8-18-9-11-15-12(17-16-11)13(2)7-5-4-6-10(13)14/h10H,3-9,14H2,1-2H3. The van der Waals surface area contributed by atoms with Crippen molar-refractivity contribution in [2.24, 2.45) is 5.73 Å². The van der Waals surface area contributed by atoms with Gasteiger partial charge in [-0.2, -0.15) is 16.7 Å². The van der Waals surface area contributed by atoms with E-state index < -0.39 is 0 Å². The molecule has 0 saturated heterocycles. The fourth-order valence-corrected chi connectivity index (χ4v) is 3.21. The van der Waals surface area contributed by atoms with Gasteiger partial charge in [-0.05, 0) is 31.9 Å². The molecule has 0 bridgehead atoms. The summed E-state index contributed by atoms with van der Waals surface area (Å²) in [7, 11) is 0. The van der Waals surface area contributed by atoms with E-state index in [1.165, 1.54) is 19.3 Å². The molecular weight excluding hydrogens is 246 g/mol. The summed E-state index contributed by atoms with van der Waals surface area (Å²) in [6, 6.07) is 0.142. The van der Waals surface area contributed by atoms with E-state index in [1.54, 1.807) is 0 Å². The number of thioether (sulfide) groups is 1. The molecule has 2 rings (SSSR count). The van der Waals surface area contributed by atoms with Crippen molar-refractivity contribution >= 4 is 11.8 Å². The van der Waals surface area contributed by atoms with Crippen molar-refractivity contribution in [1.29, 1.82) is 0 Å². The second kappa shape index (κ2) is 6.06. The summed E-state index contributed by atoms with van der Waals surface area (Å²) >= 11 is 1.85. The van der Waals surface area contributed by atoms with Crippen LogP contribution in [-0.2, 0) is 11.2 Å². The Morgan fingerprint density at radius 1 is 1.50 bits per heavy atom. The summed E-state index contributed by atoms with van der Waals surface area (Å²) in [5, 5.41) is 4.08. The van der Waals surface area contributed by atoms with Gasteiger partial charge in [0.2, 0.25) is 5.89 Å². The lowest BCUT2D eigenvalue weighted by molar-refractivity contribution is 0.203. The highest BCUT2D eigenvalue weighted by atomic mass is 32.2. The maximum Gasteiger partial charge on any atom is 0.234 e. The van der Waals surface area contributed by atoms with Crippen LogP contribution < -0.4 is 5.73 Å².